The number of Topliss-reactive ketones (excluding diaryl/α,β-unsaturated/α-hetero) is 1. The molecule has 2 N–H and O–H groups in total. The zero-order valence-corrected chi connectivity index (χ0v) is 16.3. The molecule has 0 spiro atoms. The van der Waals surface area contributed by atoms with E-state index >= 15 is 0 Å². The van der Waals surface area contributed by atoms with Gasteiger partial charge in [-0.15, -0.1) is 11.3 Å². The first-order valence-electron chi connectivity index (χ1n) is 9.45. The summed E-state index contributed by atoms with van der Waals surface area (Å²) in [6.07, 6.45) is 0. The molecule has 1 aromatic heterocycles. The predicted octanol–water partition coefficient (Wildman–Crippen LogP) is 1.08. The van der Waals surface area contributed by atoms with Gasteiger partial charge in [-0.3, -0.25) is 9.59 Å². The molecular weight excluding hydrogens is 376 g/mol. The van der Waals surface area contributed by atoms with Crippen LogP contribution in [0.5, 0.6) is 0 Å². The molecule has 1 unspecified atom stereocenters. The summed E-state index contributed by atoms with van der Waals surface area (Å²) in [5, 5.41) is 12.8. The maximum Gasteiger partial charge on any atom is 0.295 e. The van der Waals surface area contributed by atoms with Crippen molar-refractivity contribution in [1.29, 1.82) is 0 Å². The molecule has 0 aliphatic carbocycles. The lowest BCUT2D eigenvalue weighted by Crippen LogP contribution is -3.14. The van der Waals surface area contributed by atoms with Crippen LogP contribution in [0.4, 0.5) is 0 Å². The number of nitrogens with one attached hydrogen (secondary N) is 1. The van der Waals surface area contributed by atoms with Crippen LogP contribution in [0.25, 0.3) is 5.76 Å². The van der Waals surface area contributed by atoms with Crippen molar-refractivity contribution >= 4 is 28.8 Å². The van der Waals surface area contributed by atoms with E-state index in [1.807, 2.05) is 23.6 Å². The lowest BCUT2D eigenvalue weighted by molar-refractivity contribution is -0.907. The van der Waals surface area contributed by atoms with E-state index in [0.29, 0.717) is 12.1 Å². The Morgan fingerprint density at radius 2 is 1.89 bits per heavy atom. The van der Waals surface area contributed by atoms with Gasteiger partial charge in [-0.25, -0.2) is 0 Å². The van der Waals surface area contributed by atoms with Gasteiger partial charge in [-0.2, -0.15) is 0 Å². The summed E-state index contributed by atoms with van der Waals surface area (Å²) in [5.74, 6) is -1.26. The van der Waals surface area contributed by atoms with E-state index in [1.54, 1.807) is 29.2 Å². The molecule has 0 bridgehead atoms. The van der Waals surface area contributed by atoms with Gasteiger partial charge in [0.1, 0.15) is 18.8 Å². The molecule has 2 fully saturated rings. The summed E-state index contributed by atoms with van der Waals surface area (Å²) in [6.45, 7) is 4.46. The van der Waals surface area contributed by atoms with Gasteiger partial charge < -0.3 is 19.6 Å². The number of hydrogen-bond acceptors (Lipinski definition) is 5. The average molecular weight is 399 g/mol. The summed E-state index contributed by atoms with van der Waals surface area (Å²) in [4.78, 5) is 29.5. The SMILES string of the molecule is O=C1C(=O)N(CC[NH+]2CCOCC2)C(c2cccs2)C1=C(O)c1ccccc1. The molecule has 1 atom stereocenters. The number of carbonyl (C=O) groups excluding carboxylic acids is 2. The number of hydrogen-bond donors (Lipinski definition) is 2. The van der Waals surface area contributed by atoms with Crippen LogP contribution >= 0.6 is 11.3 Å². The second kappa shape index (κ2) is 8.26. The van der Waals surface area contributed by atoms with E-state index in [-0.39, 0.29) is 11.3 Å². The molecule has 3 heterocycles. The van der Waals surface area contributed by atoms with E-state index < -0.39 is 17.7 Å². The number of aliphatic hydroxyl groups excluding tert-OH is 1. The summed E-state index contributed by atoms with van der Waals surface area (Å²) in [6, 6.07) is 12.2. The number of morpholine rings is 1. The van der Waals surface area contributed by atoms with Crippen molar-refractivity contribution in [3.8, 4) is 0 Å². The zero-order valence-electron chi connectivity index (χ0n) is 15.5. The summed E-state index contributed by atoms with van der Waals surface area (Å²) in [5.41, 5.74) is 0.719. The van der Waals surface area contributed by atoms with E-state index in [1.165, 1.54) is 16.2 Å². The molecular formula is C21H23N2O4S+. The van der Waals surface area contributed by atoms with Gasteiger partial charge in [0.2, 0.25) is 0 Å². The van der Waals surface area contributed by atoms with Crippen LogP contribution in [0.2, 0.25) is 0 Å². The number of ketones is 1. The van der Waals surface area contributed by atoms with Gasteiger partial charge in [-0.05, 0) is 11.4 Å². The normalized spacial score (nSPS) is 22.7. The van der Waals surface area contributed by atoms with Crippen molar-refractivity contribution in [2.45, 2.75) is 6.04 Å². The number of ether oxygens (including phenoxy) is 1. The number of amides is 1. The van der Waals surface area contributed by atoms with Gasteiger partial charge in [0, 0.05) is 10.4 Å². The van der Waals surface area contributed by atoms with E-state index in [4.69, 9.17) is 4.74 Å². The molecule has 146 valence electrons. The Kier molecular flexibility index (Phi) is 5.57. The maximum absolute atomic E-state index is 12.9. The highest BCUT2D eigenvalue weighted by Crippen LogP contribution is 2.40. The first-order chi connectivity index (χ1) is 13.7. The van der Waals surface area contributed by atoms with Crippen molar-refractivity contribution in [2.24, 2.45) is 0 Å². The first-order valence-corrected chi connectivity index (χ1v) is 10.3. The number of carbonyl (C=O) groups is 2. The number of rotatable bonds is 5. The third-order valence-corrected chi connectivity index (χ3v) is 6.23. The molecule has 1 aromatic carbocycles. The Balaban J connectivity index is 1.68. The number of likely N-dealkylation sites (tertiary alicyclic amines) is 1. The van der Waals surface area contributed by atoms with Gasteiger partial charge in [0.05, 0.1) is 37.9 Å². The van der Waals surface area contributed by atoms with Crippen LogP contribution < -0.4 is 4.90 Å². The van der Waals surface area contributed by atoms with E-state index in [0.717, 1.165) is 37.7 Å². The number of quaternary nitrogens is 1. The van der Waals surface area contributed by atoms with Crippen LogP contribution in [0.15, 0.2) is 53.4 Å². The maximum atomic E-state index is 12.9. The Morgan fingerprint density at radius 1 is 1.14 bits per heavy atom. The van der Waals surface area contributed by atoms with Crippen molar-refractivity contribution < 1.29 is 24.3 Å². The fourth-order valence-corrected chi connectivity index (χ4v) is 4.64. The van der Waals surface area contributed by atoms with Gasteiger partial charge in [0.25, 0.3) is 11.7 Å². The van der Waals surface area contributed by atoms with Gasteiger partial charge in [-0.1, -0.05) is 36.4 Å². The summed E-state index contributed by atoms with van der Waals surface area (Å²) < 4.78 is 5.39. The third-order valence-electron chi connectivity index (χ3n) is 5.31. The fourth-order valence-electron chi connectivity index (χ4n) is 3.79. The quantitative estimate of drug-likeness (QED) is 0.449. The van der Waals surface area contributed by atoms with Crippen molar-refractivity contribution in [3.05, 3.63) is 63.9 Å². The Hall–Kier alpha value is -2.48. The highest BCUT2D eigenvalue weighted by Gasteiger charge is 2.46. The third kappa shape index (κ3) is 3.61. The van der Waals surface area contributed by atoms with Crippen molar-refractivity contribution in [3.63, 3.8) is 0 Å². The van der Waals surface area contributed by atoms with E-state index in [9.17, 15) is 14.7 Å². The number of thiophene rings is 1. The average Bonchev–Trinajstić information content (AvgIpc) is 3.35. The van der Waals surface area contributed by atoms with Crippen molar-refractivity contribution in [2.75, 3.05) is 39.4 Å². The first kappa shape index (κ1) is 18.9. The minimum Gasteiger partial charge on any atom is -0.507 e. The highest BCUT2D eigenvalue weighted by atomic mass is 32.1. The molecule has 0 radical (unpaired) electrons. The van der Waals surface area contributed by atoms with E-state index in [2.05, 4.69) is 0 Å². The van der Waals surface area contributed by atoms with Gasteiger partial charge >= 0.3 is 0 Å². The molecule has 2 aliphatic rings. The molecule has 4 rings (SSSR count). The Morgan fingerprint density at radius 3 is 2.57 bits per heavy atom. The largest absolute Gasteiger partial charge is 0.507 e. The zero-order chi connectivity index (χ0) is 19.5. The predicted molar refractivity (Wildman–Crippen MR) is 106 cm³/mol. The Labute approximate surface area is 167 Å². The van der Waals surface area contributed by atoms with Crippen molar-refractivity contribution in [1.82, 2.24) is 4.90 Å². The molecule has 7 heteroatoms. The molecule has 1 amide bonds. The lowest BCUT2D eigenvalue weighted by Gasteiger charge is -2.28. The Bertz CT molecular complexity index is 873. The second-order valence-corrected chi connectivity index (χ2v) is 7.97. The van der Waals surface area contributed by atoms with Crippen LogP contribution in [0.1, 0.15) is 16.5 Å². The molecule has 2 aromatic rings. The summed E-state index contributed by atoms with van der Waals surface area (Å²) >= 11 is 1.49. The highest BCUT2D eigenvalue weighted by molar-refractivity contribution is 7.10. The van der Waals surface area contributed by atoms with Crippen LogP contribution in [-0.2, 0) is 14.3 Å². The van der Waals surface area contributed by atoms with Crippen LogP contribution in [0.3, 0.4) is 0 Å². The molecule has 2 saturated heterocycles. The number of aliphatic hydroxyl groups is 1. The monoisotopic (exact) mass is 399 g/mol. The minimum absolute atomic E-state index is 0.112. The molecule has 28 heavy (non-hydrogen) atoms. The fraction of sp³-hybridized carbons (Fsp3) is 0.333. The second-order valence-electron chi connectivity index (χ2n) is 6.99. The minimum atomic E-state index is -0.614. The molecule has 2 aliphatic heterocycles. The number of benzene rings is 1. The van der Waals surface area contributed by atoms with Gasteiger partial charge in [0.15, 0.2) is 0 Å². The lowest BCUT2D eigenvalue weighted by atomic mass is 10.00. The summed E-state index contributed by atoms with van der Waals surface area (Å²) in [7, 11) is 0. The number of nitrogens with zero attached hydrogens (tertiary/aromatic N) is 1. The standard InChI is InChI=1S/C21H22N2O4S/c24-19(15-5-2-1-3-6-15)17-18(16-7-4-14-28-16)23(21(26)20(17)25)9-8-22-10-12-27-13-11-22/h1-7,14,18,24H,8-13H2/p+1. The molecule has 0 saturated carbocycles. The van der Waals surface area contributed by atoms with Crippen LogP contribution in [0, 0.1) is 0 Å². The van der Waals surface area contributed by atoms with Crippen LogP contribution in [-0.4, -0.2) is 61.1 Å². The molecule has 6 nitrogen and oxygen atoms in total. The smallest absolute Gasteiger partial charge is 0.295 e. The topological polar surface area (TPSA) is 71.3 Å².